The minimum atomic E-state index is -4.40. The first-order chi connectivity index (χ1) is 12.1. The lowest BCUT2D eigenvalue weighted by molar-refractivity contribution is -0.137. The molecule has 2 N–H and O–H groups in total. The van der Waals surface area contributed by atoms with Crippen LogP contribution in [0, 0.1) is 0 Å². The van der Waals surface area contributed by atoms with E-state index in [2.05, 4.69) is 15.6 Å². The number of benzene rings is 1. The van der Waals surface area contributed by atoms with E-state index in [9.17, 15) is 18.0 Å². The molecule has 10 heteroatoms. The molecule has 154 valence electrons. The number of hydrogen-bond donors (Lipinski definition) is 2. The lowest BCUT2D eigenvalue weighted by Gasteiger charge is -2.18. The van der Waals surface area contributed by atoms with Crippen LogP contribution < -0.4 is 10.6 Å². The quantitative estimate of drug-likeness (QED) is 0.342. The molecule has 0 saturated carbocycles. The number of likely N-dealkylation sites (N-methyl/N-ethyl adjacent to an activating group) is 1. The number of aliphatic imine (C=N–C) groups is 1. The van der Waals surface area contributed by atoms with Gasteiger partial charge in [-0.1, -0.05) is 12.1 Å². The van der Waals surface area contributed by atoms with E-state index in [1.54, 1.807) is 27.3 Å². The number of guanidine groups is 1. The van der Waals surface area contributed by atoms with Crippen molar-refractivity contribution in [2.24, 2.45) is 4.99 Å². The van der Waals surface area contributed by atoms with Crippen molar-refractivity contribution >= 4 is 35.8 Å². The molecule has 1 atom stereocenters. The van der Waals surface area contributed by atoms with E-state index >= 15 is 0 Å². The number of rotatable bonds is 7. The van der Waals surface area contributed by atoms with E-state index in [1.807, 2.05) is 6.92 Å². The highest BCUT2D eigenvalue weighted by Gasteiger charge is 2.30. The number of carbonyl (C=O) groups excluding carboxylic acids is 1. The smallest absolute Gasteiger partial charge is 0.383 e. The lowest BCUT2D eigenvalue weighted by Crippen LogP contribution is -2.47. The molecule has 0 radical (unpaired) electrons. The number of amides is 1. The molecule has 0 aliphatic heterocycles. The van der Waals surface area contributed by atoms with Crippen molar-refractivity contribution in [3.05, 3.63) is 35.4 Å². The molecular formula is C17H26F3IN4O2. The Morgan fingerprint density at radius 3 is 2.56 bits per heavy atom. The molecule has 0 aliphatic rings. The van der Waals surface area contributed by atoms with E-state index in [-0.39, 0.29) is 49.0 Å². The molecule has 1 amide bonds. The fourth-order valence-corrected chi connectivity index (χ4v) is 2.01. The van der Waals surface area contributed by atoms with Crippen LogP contribution in [0.15, 0.2) is 29.3 Å². The second-order valence-corrected chi connectivity index (χ2v) is 6.01. The van der Waals surface area contributed by atoms with Crippen molar-refractivity contribution in [1.82, 2.24) is 15.5 Å². The summed E-state index contributed by atoms with van der Waals surface area (Å²) in [5.74, 6) is 0.167. The zero-order valence-corrected chi connectivity index (χ0v) is 18.1. The first kappa shape index (κ1) is 25.4. The molecule has 27 heavy (non-hydrogen) atoms. The van der Waals surface area contributed by atoms with Crippen LogP contribution in [0.1, 0.15) is 18.1 Å². The number of hydrogen-bond acceptors (Lipinski definition) is 3. The van der Waals surface area contributed by atoms with Crippen molar-refractivity contribution in [1.29, 1.82) is 0 Å². The van der Waals surface area contributed by atoms with Crippen LogP contribution in [0.25, 0.3) is 0 Å². The molecule has 0 bridgehead atoms. The largest absolute Gasteiger partial charge is 0.416 e. The third-order valence-electron chi connectivity index (χ3n) is 3.38. The number of methoxy groups -OCH3 is 1. The zero-order valence-electron chi connectivity index (χ0n) is 15.8. The van der Waals surface area contributed by atoms with E-state index in [0.29, 0.717) is 18.1 Å². The van der Waals surface area contributed by atoms with Gasteiger partial charge >= 0.3 is 6.18 Å². The summed E-state index contributed by atoms with van der Waals surface area (Å²) >= 11 is 0. The van der Waals surface area contributed by atoms with Crippen LogP contribution >= 0.6 is 24.0 Å². The van der Waals surface area contributed by atoms with Crippen molar-refractivity contribution in [3.63, 3.8) is 0 Å². The molecule has 0 aliphatic carbocycles. The van der Waals surface area contributed by atoms with Crippen LogP contribution in [-0.4, -0.2) is 57.2 Å². The highest BCUT2D eigenvalue weighted by Crippen LogP contribution is 2.29. The minimum Gasteiger partial charge on any atom is -0.383 e. The van der Waals surface area contributed by atoms with Gasteiger partial charge in [0.15, 0.2) is 5.96 Å². The zero-order chi connectivity index (χ0) is 19.7. The normalized spacial score (nSPS) is 12.8. The molecule has 6 nitrogen and oxygen atoms in total. The Hall–Kier alpha value is -1.56. The fraction of sp³-hybridized carbons (Fsp3) is 0.529. The Bertz CT molecular complexity index is 624. The van der Waals surface area contributed by atoms with Gasteiger partial charge in [-0.05, 0) is 24.6 Å². The molecule has 0 heterocycles. The molecule has 0 fully saturated rings. The predicted octanol–water partition coefficient (Wildman–Crippen LogP) is 2.48. The third-order valence-corrected chi connectivity index (χ3v) is 3.38. The van der Waals surface area contributed by atoms with E-state index in [4.69, 9.17) is 4.74 Å². The maximum absolute atomic E-state index is 12.8. The Labute approximate surface area is 174 Å². The molecule has 1 unspecified atom stereocenters. The molecule has 0 saturated heterocycles. The summed E-state index contributed by atoms with van der Waals surface area (Å²) in [6.45, 7) is 2.32. The maximum atomic E-state index is 12.8. The number of alkyl halides is 3. The third kappa shape index (κ3) is 9.80. The van der Waals surface area contributed by atoms with Gasteiger partial charge in [-0.15, -0.1) is 24.0 Å². The highest BCUT2D eigenvalue weighted by atomic mass is 127. The van der Waals surface area contributed by atoms with E-state index in [0.717, 1.165) is 12.1 Å². The fourth-order valence-electron chi connectivity index (χ4n) is 2.01. The van der Waals surface area contributed by atoms with Crippen LogP contribution in [0.5, 0.6) is 0 Å². The maximum Gasteiger partial charge on any atom is 0.416 e. The van der Waals surface area contributed by atoms with Gasteiger partial charge in [-0.25, -0.2) is 4.99 Å². The van der Waals surface area contributed by atoms with Crippen LogP contribution in [0.3, 0.4) is 0 Å². The standard InChI is InChI=1S/C17H25F3N4O2.HI/c1-12(11-26-4)23-16(22-10-15(25)24(2)3)21-9-13-6-5-7-14(8-13)17(18,19)20;/h5-8,12H,9-11H2,1-4H3,(H2,21,22,23);1H. The van der Waals surface area contributed by atoms with Gasteiger partial charge in [0.2, 0.25) is 5.91 Å². The number of nitrogens with one attached hydrogen (secondary N) is 2. The van der Waals surface area contributed by atoms with Crippen LogP contribution in [-0.2, 0) is 22.3 Å². The van der Waals surface area contributed by atoms with Crippen molar-refractivity contribution in [3.8, 4) is 0 Å². The van der Waals surface area contributed by atoms with Gasteiger partial charge in [0.05, 0.1) is 25.3 Å². The average Bonchev–Trinajstić information content (AvgIpc) is 2.56. The van der Waals surface area contributed by atoms with Crippen molar-refractivity contribution < 1.29 is 22.7 Å². The summed E-state index contributed by atoms with van der Waals surface area (Å²) < 4.78 is 43.4. The van der Waals surface area contributed by atoms with E-state index < -0.39 is 11.7 Å². The molecular weight excluding hydrogens is 476 g/mol. The molecule has 1 aromatic carbocycles. The summed E-state index contributed by atoms with van der Waals surface area (Å²) in [7, 11) is 4.81. The molecule has 0 aromatic heterocycles. The number of nitrogens with zero attached hydrogens (tertiary/aromatic N) is 2. The van der Waals surface area contributed by atoms with Gasteiger partial charge in [-0.3, -0.25) is 4.79 Å². The SMILES string of the molecule is COCC(C)NC(=NCc1cccc(C(F)(F)F)c1)NCC(=O)N(C)C.I. The number of carbonyl (C=O) groups is 1. The van der Waals surface area contributed by atoms with Crippen LogP contribution in [0.4, 0.5) is 13.2 Å². The van der Waals surface area contributed by atoms with Gasteiger partial charge in [0.1, 0.15) is 0 Å². The monoisotopic (exact) mass is 502 g/mol. The lowest BCUT2D eigenvalue weighted by atomic mass is 10.1. The summed E-state index contributed by atoms with van der Waals surface area (Å²) in [4.78, 5) is 17.4. The number of ether oxygens (including phenoxy) is 1. The first-order valence-corrected chi connectivity index (χ1v) is 8.03. The van der Waals surface area contributed by atoms with Crippen molar-refractivity contribution in [2.75, 3.05) is 34.4 Å². The Morgan fingerprint density at radius 1 is 1.33 bits per heavy atom. The van der Waals surface area contributed by atoms with Gasteiger partial charge in [0, 0.05) is 27.2 Å². The summed E-state index contributed by atoms with van der Waals surface area (Å²) in [6.07, 6.45) is -4.40. The summed E-state index contributed by atoms with van der Waals surface area (Å²) in [5.41, 5.74) is -0.303. The average molecular weight is 502 g/mol. The predicted molar refractivity (Wildman–Crippen MR) is 109 cm³/mol. The summed E-state index contributed by atoms with van der Waals surface area (Å²) in [5, 5.41) is 5.92. The Balaban J connectivity index is 0.00000676. The molecule has 0 spiro atoms. The minimum absolute atomic E-state index is 0. The summed E-state index contributed by atoms with van der Waals surface area (Å²) in [6, 6.07) is 4.89. The van der Waals surface area contributed by atoms with Crippen LogP contribution in [0.2, 0.25) is 0 Å². The second kappa shape index (κ2) is 12.0. The number of halogens is 4. The highest BCUT2D eigenvalue weighted by molar-refractivity contribution is 14.0. The molecule has 1 rings (SSSR count). The van der Waals surface area contributed by atoms with Gasteiger partial charge in [-0.2, -0.15) is 13.2 Å². The molecule has 1 aromatic rings. The van der Waals surface area contributed by atoms with Gasteiger partial charge < -0.3 is 20.3 Å². The second-order valence-electron chi connectivity index (χ2n) is 6.01. The Morgan fingerprint density at radius 2 is 2.00 bits per heavy atom. The van der Waals surface area contributed by atoms with E-state index in [1.165, 1.54) is 11.0 Å². The first-order valence-electron chi connectivity index (χ1n) is 8.03. The van der Waals surface area contributed by atoms with Crippen molar-refractivity contribution in [2.45, 2.75) is 25.7 Å². The topological polar surface area (TPSA) is 66.0 Å². The van der Waals surface area contributed by atoms with Gasteiger partial charge in [0.25, 0.3) is 0 Å². The Kier molecular flexibility index (Phi) is 11.3.